The molecule has 3 rings (SSSR count). The summed E-state index contributed by atoms with van der Waals surface area (Å²) in [6.45, 7) is 1.85. The smallest absolute Gasteiger partial charge is 0.337 e. The molecule has 0 aliphatic rings. The van der Waals surface area contributed by atoms with E-state index < -0.39 is 5.97 Å². The van der Waals surface area contributed by atoms with Gasteiger partial charge in [-0.05, 0) is 42.8 Å². The molecule has 0 unspecified atom stereocenters. The van der Waals surface area contributed by atoms with E-state index >= 15 is 0 Å². The zero-order valence-corrected chi connectivity index (χ0v) is 14.2. The Bertz CT molecular complexity index is 959. The summed E-state index contributed by atoms with van der Waals surface area (Å²) in [5.41, 5.74) is 3.02. The molecule has 2 aromatic carbocycles. The third-order valence-corrected chi connectivity index (χ3v) is 3.98. The van der Waals surface area contributed by atoms with Crippen LogP contribution in [0.5, 0.6) is 5.75 Å². The number of hydrogen-bond donors (Lipinski definition) is 2. The Morgan fingerprint density at radius 1 is 1.04 bits per heavy atom. The number of ether oxygens (including phenoxy) is 2. The highest BCUT2D eigenvalue weighted by Crippen LogP contribution is 2.23. The number of anilines is 1. The second-order valence-corrected chi connectivity index (χ2v) is 5.61. The highest BCUT2D eigenvalue weighted by atomic mass is 16.5. The van der Waals surface area contributed by atoms with E-state index in [2.05, 4.69) is 10.3 Å². The molecular formula is C19H18N2O4. The van der Waals surface area contributed by atoms with Crippen molar-refractivity contribution in [3.05, 3.63) is 59.3 Å². The predicted molar refractivity (Wildman–Crippen MR) is 95.3 cm³/mol. The fourth-order valence-electron chi connectivity index (χ4n) is 2.55. The standard InChI is InChI=1S/C19H18N2O4/c1-11-4-5-13(19(23)25-3)9-15(11)21-18(22)17-8-12-6-7-14(24-2)10-16(12)20-17/h4-10,20H,1-3H3,(H,21,22). The lowest BCUT2D eigenvalue weighted by Gasteiger charge is -2.09. The fourth-order valence-corrected chi connectivity index (χ4v) is 2.55. The minimum absolute atomic E-state index is 0.291. The molecule has 0 aliphatic heterocycles. The van der Waals surface area contributed by atoms with Gasteiger partial charge in [-0.1, -0.05) is 6.07 Å². The maximum Gasteiger partial charge on any atom is 0.337 e. The van der Waals surface area contributed by atoms with Crippen LogP contribution in [-0.2, 0) is 4.74 Å². The van der Waals surface area contributed by atoms with E-state index in [1.54, 1.807) is 31.4 Å². The van der Waals surface area contributed by atoms with Gasteiger partial charge in [0.25, 0.3) is 5.91 Å². The summed E-state index contributed by atoms with van der Waals surface area (Å²) in [5, 5.41) is 3.73. The molecule has 6 heteroatoms. The molecule has 25 heavy (non-hydrogen) atoms. The first-order chi connectivity index (χ1) is 12.0. The summed E-state index contributed by atoms with van der Waals surface area (Å²) >= 11 is 0. The van der Waals surface area contributed by atoms with Crippen molar-refractivity contribution in [2.24, 2.45) is 0 Å². The van der Waals surface area contributed by atoms with E-state index in [4.69, 9.17) is 9.47 Å². The van der Waals surface area contributed by atoms with Crippen molar-refractivity contribution in [1.29, 1.82) is 0 Å². The van der Waals surface area contributed by atoms with E-state index in [0.717, 1.165) is 16.5 Å². The number of methoxy groups -OCH3 is 2. The fraction of sp³-hybridized carbons (Fsp3) is 0.158. The molecule has 0 saturated heterocycles. The summed E-state index contributed by atoms with van der Waals surface area (Å²) in [6.07, 6.45) is 0. The Kier molecular flexibility index (Phi) is 4.43. The van der Waals surface area contributed by atoms with Crippen LogP contribution in [0, 0.1) is 6.92 Å². The van der Waals surface area contributed by atoms with E-state index in [1.807, 2.05) is 25.1 Å². The number of esters is 1. The van der Waals surface area contributed by atoms with Crippen molar-refractivity contribution >= 4 is 28.5 Å². The van der Waals surface area contributed by atoms with Crippen LogP contribution < -0.4 is 10.1 Å². The normalized spacial score (nSPS) is 10.5. The molecule has 0 aliphatic carbocycles. The second-order valence-electron chi connectivity index (χ2n) is 5.61. The minimum atomic E-state index is -0.451. The quantitative estimate of drug-likeness (QED) is 0.713. The van der Waals surface area contributed by atoms with E-state index in [1.165, 1.54) is 7.11 Å². The summed E-state index contributed by atoms with van der Waals surface area (Å²) < 4.78 is 9.90. The summed E-state index contributed by atoms with van der Waals surface area (Å²) in [7, 11) is 2.91. The first-order valence-corrected chi connectivity index (χ1v) is 7.69. The van der Waals surface area contributed by atoms with Gasteiger partial charge in [-0.25, -0.2) is 4.79 Å². The Hall–Kier alpha value is -3.28. The molecule has 0 bridgehead atoms. The van der Waals surface area contributed by atoms with Gasteiger partial charge in [0.1, 0.15) is 11.4 Å². The largest absolute Gasteiger partial charge is 0.497 e. The topological polar surface area (TPSA) is 80.4 Å². The Balaban J connectivity index is 1.88. The van der Waals surface area contributed by atoms with Crippen LogP contribution in [0.2, 0.25) is 0 Å². The number of rotatable bonds is 4. The monoisotopic (exact) mass is 338 g/mol. The maximum atomic E-state index is 12.6. The average Bonchev–Trinajstić information content (AvgIpc) is 3.06. The van der Waals surface area contributed by atoms with Crippen molar-refractivity contribution in [2.75, 3.05) is 19.5 Å². The average molecular weight is 338 g/mol. The number of carbonyl (C=O) groups is 2. The molecule has 1 heterocycles. The number of hydrogen-bond acceptors (Lipinski definition) is 4. The number of benzene rings is 2. The van der Waals surface area contributed by atoms with Crippen LogP contribution in [0.4, 0.5) is 5.69 Å². The zero-order chi connectivity index (χ0) is 18.0. The molecule has 6 nitrogen and oxygen atoms in total. The van der Waals surface area contributed by atoms with Gasteiger partial charge in [0.2, 0.25) is 0 Å². The molecule has 1 aromatic heterocycles. The van der Waals surface area contributed by atoms with Gasteiger partial charge < -0.3 is 19.8 Å². The number of carbonyl (C=O) groups excluding carboxylic acids is 2. The summed E-state index contributed by atoms with van der Waals surface area (Å²) in [6, 6.07) is 12.3. The van der Waals surface area contributed by atoms with Gasteiger partial charge in [0.05, 0.1) is 19.8 Å². The molecule has 0 spiro atoms. The van der Waals surface area contributed by atoms with Crippen LogP contribution in [0.3, 0.4) is 0 Å². The molecule has 0 radical (unpaired) electrons. The van der Waals surface area contributed by atoms with Crippen molar-refractivity contribution in [1.82, 2.24) is 4.98 Å². The number of aromatic nitrogens is 1. The third kappa shape index (κ3) is 3.33. The highest BCUT2D eigenvalue weighted by Gasteiger charge is 2.13. The minimum Gasteiger partial charge on any atom is -0.497 e. The number of H-pyrrole nitrogens is 1. The Morgan fingerprint density at radius 3 is 2.56 bits per heavy atom. The third-order valence-electron chi connectivity index (χ3n) is 3.98. The van der Waals surface area contributed by atoms with Crippen LogP contribution in [0.15, 0.2) is 42.5 Å². The molecule has 0 saturated carbocycles. The van der Waals surface area contributed by atoms with Gasteiger partial charge in [0, 0.05) is 22.7 Å². The van der Waals surface area contributed by atoms with Gasteiger partial charge in [-0.3, -0.25) is 4.79 Å². The molecule has 1 amide bonds. The van der Waals surface area contributed by atoms with Crippen LogP contribution in [-0.4, -0.2) is 31.1 Å². The summed E-state index contributed by atoms with van der Waals surface area (Å²) in [4.78, 5) is 27.3. The second kappa shape index (κ2) is 6.68. The molecule has 3 aromatic rings. The van der Waals surface area contributed by atoms with E-state index in [0.29, 0.717) is 22.7 Å². The summed E-state index contributed by atoms with van der Waals surface area (Å²) in [5.74, 6) is -0.0311. The van der Waals surface area contributed by atoms with Crippen molar-refractivity contribution in [2.45, 2.75) is 6.92 Å². The van der Waals surface area contributed by atoms with Crippen LogP contribution >= 0.6 is 0 Å². The lowest BCUT2D eigenvalue weighted by Crippen LogP contribution is -2.14. The van der Waals surface area contributed by atoms with Crippen molar-refractivity contribution in [3.63, 3.8) is 0 Å². The number of aryl methyl sites for hydroxylation is 1. The van der Waals surface area contributed by atoms with Gasteiger partial charge in [0.15, 0.2) is 0 Å². The van der Waals surface area contributed by atoms with E-state index in [9.17, 15) is 9.59 Å². The SMILES string of the molecule is COC(=O)c1ccc(C)c(NC(=O)c2cc3ccc(OC)cc3[nH]2)c1. The van der Waals surface area contributed by atoms with Gasteiger partial charge in [-0.15, -0.1) is 0 Å². The highest BCUT2D eigenvalue weighted by molar-refractivity contribution is 6.06. The molecule has 0 atom stereocenters. The predicted octanol–water partition coefficient (Wildman–Crippen LogP) is 3.52. The van der Waals surface area contributed by atoms with Gasteiger partial charge >= 0.3 is 5.97 Å². The number of nitrogens with one attached hydrogen (secondary N) is 2. The van der Waals surface area contributed by atoms with Crippen molar-refractivity contribution in [3.8, 4) is 5.75 Å². The molecule has 2 N–H and O–H groups in total. The maximum absolute atomic E-state index is 12.6. The molecule has 128 valence electrons. The zero-order valence-electron chi connectivity index (χ0n) is 14.2. The number of amides is 1. The van der Waals surface area contributed by atoms with Crippen LogP contribution in [0.25, 0.3) is 10.9 Å². The number of fused-ring (bicyclic) bond motifs is 1. The van der Waals surface area contributed by atoms with E-state index in [-0.39, 0.29) is 5.91 Å². The van der Waals surface area contributed by atoms with Crippen LogP contribution in [0.1, 0.15) is 26.4 Å². The Morgan fingerprint density at radius 2 is 1.84 bits per heavy atom. The first-order valence-electron chi connectivity index (χ1n) is 7.69. The molecule has 0 fully saturated rings. The molecular weight excluding hydrogens is 320 g/mol. The Labute approximate surface area is 144 Å². The lowest BCUT2D eigenvalue weighted by atomic mass is 10.1. The number of aromatic amines is 1. The van der Waals surface area contributed by atoms with Gasteiger partial charge in [-0.2, -0.15) is 0 Å². The lowest BCUT2D eigenvalue weighted by molar-refractivity contribution is 0.0600. The van der Waals surface area contributed by atoms with Crippen molar-refractivity contribution < 1.29 is 19.1 Å². The first kappa shape index (κ1) is 16.6.